The molecule has 0 unspecified atom stereocenters. The number of rotatable bonds is 5. The summed E-state index contributed by atoms with van der Waals surface area (Å²) in [5.74, 6) is 0.168. The van der Waals surface area contributed by atoms with Crippen LogP contribution in [0.1, 0.15) is 15.9 Å². The number of nitrogens with zero attached hydrogens (tertiary/aromatic N) is 2. The number of ether oxygens (including phenoxy) is 1. The van der Waals surface area contributed by atoms with Crippen LogP contribution in [0.4, 0.5) is 4.39 Å². The Labute approximate surface area is 158 Å². The minimum atomic E-state index is -0.340. The van der Waals surface area contributed by atoms with Gasteiger partial charge in [0.05, 0.1) is 0 Å². The molecule has 1 N–H and O–H groups in total. The lowest BCUT2D eigenvalue weighted by atomic mass is 10.2. The van der Waals surface area contributed by atoms with Gasteiger partial charge in [0.25, 0.3) is 5.91 Å². The molecule has 0 saturated heterocycles. The smallest absolute Gasteiger partial charge is 0.251 e. The molecule has 0 aliphatic carbocycles. The van der Waals surface area contributed by atoms with Gasteiger partial charge in [0.15, 0.2) is 0 Å². The molecule has 1 amide bonds. The highest BCUT2D eigenvalue weighted by molar-refractivity contribution is 6.33. The van der Waals surface area contributed by atoms with Crippen LogP contribution in [0.25, 0.3) is 0 Å². The van der Waals surface area contributed by atoms with Crippen molar-refractivity contribution in [1.29, 1.82) is 0 Å². The molecule has 0 spiro atoms. The van der Waals surface area contributed by atoms with Gasteiger partial charge in [-0.3, -0.25) is 4.79 Å². The van der Waals surface area contributed by atoms with Crippen LogP contribution in [-0.4, -0.2) is 15.9 Å². The molecule has 0 aliphatic heterocycles. The first-order valence-corrected chi connectivity index (χ1v) is 8.25. The van der Waals surface area contributed by atoms with Crippen LogP contribution in [-0.2, 0) is 6.54 Å². The summed E-state index contributed by atoms with van der Waals surface area (Å²) in [6.07, 6.45) is 1.58. The quantitative estimate of drug-likeness (QED) is 0.643. The third-order valence-corrected chi connectivity index (χ3v) is 3.70. The first-order chi connectivity index (χ1) is 12.5. The van der Waals surface area contributed by atoms with Crippen molar-refractivity contribution in [3.63, 3.8) is 0 Å². The maximum Gasteiger partial charge on any atom is 0.251 e. The van der Waals surface area contributed by atoms with E-state index in [-0.39, 0.29) is 28.6 Å². The third kappa shape index (κ3) is 4.91. The van der Waals surface area contributed by atoms with Gasteiger partial charge in [0.2, 0.25) is 5.88 Å². The second kappa shape index (κ2) is 8.12. The van der Waals surface area contributed by atoms with E-state index in [2.05, 4.69) is 15.3 Å². The zero-order valence-corrected chi connectivity index (χ0v) is 14.8. The molecule has 0 atom stereocenters. The van der Waals surface area contributed by atoms with Crippen molar-refractivity contribution in [1.82, 2.24) is 15.3 Å². The van der Waals surface area contributed by atoms with Gasteiger partial charge in [-0.15, -0.1) is 0 Å². The second-order valence-corrected chi connectivity index (χ2v) is 6.02. The van der Waals surface area contributed by atoms with Crippen molar-refractivity contribution in [2.75, 3.05) is 0 Å². The number of carbonyl (C=O) groups is 1. The first-order valence-electron chi connectivity index (χ1n) is 7.49. The normalized spacial score (nSPS) is 10.4. The van der Waals surface area contributed by atoms with E-state index in [1.807, 2.05) is 0 Å². The fraction of sp³-hybridized carbons (Fsp3) is 0.0556. The second-order valence-electron chi connectivity index (χ2n) is 5.24. The maximum absolute atomic E-state index is 12.9. The van der Waals surface area contributed by atoms with Crippen molar-refractivity contribution in [3.8, 4) is 11.6 Å². The summed E-state index contributed by atoms with van der Waals surface area (Å²) in [6, 6.07) is 11.9. The van der Waals surface area contributed by atoms with Crippen LogP contribution in [0.15, 0.2) is 54.7 Å². The Kier molecular flexibility index (Phi) is 5.65. The zero-order chi connectivity index (χ0) is 18.5. The van der Waals surface area contributed by atoms with Crippen molar-refractivity contribution in [2.45, 2.75) is 6.54 Å². The van der Waals surface area contributed by atoms with Gasteiger partial charge in [-0.05, 0) is 42.0 Å². The molecule has 5 nitrogen and oxygen atoms in total. The fourth-order valence-corrected chi connectivity index (χ4v) is 2.54. The molecule has 0 radical (unpaired) electrons. The third-order valence-electron chi connectivity index (χ3n) is 3.31. The molecule has 0 fully saturated rings. The van der Waals surface area contributed by atoms with Crippen LogP contribution in [0.2, 0.25) is 10.3 Å². The van der Waals surface area contributed by atoms with Gasteiger partial charge in [-0.2, -0.15) is 0 Å². The summed E-state index contributed by atoms with van der Waals surface area (Å²) >= 11 is 11.6. The molecule has 1 aromatic carbocycles. The molecule has 8 heteroatoms. The lowest BCUT2D eigenvalue weighted by Crippen LogP contribution is -2.23. The van der Waals surface area contributed by atoms with Crippen LogP contribution in [0.3, 0.4) is 0 Å². The van der Waals surface area contributed by atoms with E-state index in [0.29, 0.717) is 17.2 Å². The van der Waals surface area contributed by atoms with Crippen LogP contribution >= 0.6 is 23.2 Å². The Morgan fingerprint density at radius 1 is 1.08 bits per heavy atom. The van der Waals surface area contributed by atoms with E-state index in [9.17, 15) is 9.18 Å². The number of pyridine rings is 2. The molecule has 3 aromatic rings. The summed E-state index contributed by atoms with van der Waals surface area (Å²) in [4.78, 5) is 20.1. The average molecular weight is 392 g/mol. The summed E-state index contributed by atoms with van der Waals surface area (Å²) < 4.78 is 18.4. The Bertz CT molecular complexity index is 898. The Hall–Kier alpha value is -2.70. The largest absolute Gasteiger partial charge is 0.439 e. The Morgan fingerprint density at radius 3 is 2.38 bits per heavy atom. The standard InChI is InChI=1S/C18H12Cl2FN3O2/c19-15-7-12(8-16(20)24-15)18(25)23-10-11-1-6-17(22-9-11)26-14-4-2-13(21)3-5-14/h1-9H,10H2,(H,23,25). The summed E-state index contributed by atoms with van der Waals surface area (Å²) in [7, 11) is 0. The van der Waals surface area contributed by atoms with E-state index in [1.165, 1.54) is 36.4 Å². The number of amides is 1. The molecule has 0 aliphatic rings. The van der Waals surface area contributed by atoms with E-state index in [4.69, 9.17) is 27.9 Å². The predicted molar refractivity (Wildman–Crippen MR) is 96.1 cm³/mol. The topological polar surface area (TPSA) is 64.1 Å². The van der Waals surface area contributed by atoms with Gasteiger partial charge in [0.1, 0.15) is 21.9 Å². The summed E-state index contributed by atoms with van der Waals surface area (Å²) in [5, 5.41) is 3.03. The van der Waals surface area contributed by atoms with Crippen LogP contribution < -0.4 is 10.1 Å². The highest BCUT2D eigenvalue weighted by Crippen LogP contribution is 2.19. The van der Waals surface area contributed by atoms with Crippen LogP contribution in [0, 0.1) is 5.82 Å². The molecule has 2 heterocycles. The number of nitrogens with one attached hydrogen (secondary N) is 1. The van der Waals surface area contributed by atoms with E-state index < -0.39 is 0 Å². The number of aromatic nitrogens is 2. The maximum atomic E-state index is 12.9. The molecule has 132 valence electrons. The Morgan fingerprint density at radius 2 is 1.77 bits per heavy atom. The Balaban J connectivity index is 1.58. The van der Waals surface area contributed by atoms with Crippen molar-refractivity contribution < 1.29 is 13.9 Å². The van der Waals surface area contributed by atoms with Crippen molar-refractivity contribution in [2.24, 2.45) is 0 Å². The lowest BCUT2D eigenvalue weighted by Gasteiger charge is -2.08. The number of benzene rings is 1. The monoisotopic (exact) mass is 391 g/mol. The molecule has 2 aromatic heterocycles. The first kappa shape index (κ1) is 18.1. The number of halogens is 3. The minimum absolute atomic E-state index is 0.145. The minimum Gasteiger partial charge on any atom is -0.439 e. The van der Waals surface area contributed by atoms with Gasteiger partial charge >= 0.3 is 0 Å². The lowest BCUT2D eigenvalue weighted by molar-refractivity contribution is 0.0950. The zero-order valence-electron chi connectivity index (χ0n) is 13.2. The predicted octanol–water partition coefficient (Wildman–Crippen LogP) is 4.64. The molecular weight excluding hydrogens is 380 g/mol. The molecule has 0 bridgehead atoms. The molecule has 0 saturated carbocycles. The number of carbonyl (C=O) groups excluding carboxylic acids is 1. The molecule has 26 heavy (non-hydrogen) atoms. The number of hydrogen-bond donors (Lipinski definition) is 1. The molecular formula is C18H12Cl2FN3O2. The van der Waals surface area contributed by atoms with Gasteiger partial charge in [0, 0.05) is 24.4 Å². The molecule has 3 rings (SSSR count). The summed E-state index contributed by atoms with van der Waals surface area (Å²) in [5.41, 5.74) is 1.09. The van der Waals surface area contributed by atoms with E-state index in [0.717, 1.165) is 5.56 Å². The highest BCUT2D eigenvalue weighted by Gasteiger charge is 2.09. The van der Waals surface area contributed by atoms with Gasteiger partial charge in [-0.25, -0.2) is 14.4 Å². The van der Waals surface area contributed by atoms with Gasteiger partial charge < -0.3 is 10.1 Å². The van der Waals surface area contributed by atoms with Gasteiger partial charge in [-0.1, -0.05) is 29.3 Å². The fourth-order valence-electron chi connectivity index (χ4n) is 2.08. The summed E-state index contributed by atoms with van der Waals surface area (Å²) in [6.45, 7) is 0.264. The van der Waals surface area contributed by atoms with E-state index in [1.54, 1.807) is 18.3 Å². The average Bonchev–Trinajstić information content (AvgIpc) is 2.62. The van der Waals surface area contributed by atoms with E-state index >= 15 is 0 Å². The van der Waals surface area contributed by atoms with Crippen LogP contribution in [0.5, 0.6) is 11.6 Å². The van der Waals surface area contributed by atoms with Crippen molar-refractivity contribution in [3.05, 3.63) is 82.0 Å². The SMILES string of the molecule is O=C(NCc1ccc(Oc2ccc(F)cc2)nc1)c1cc(Cl)nc(Cl)c1. The highest BCUT2D eigenvalue weighted by atomic mass is 35.5. The van der Waals surface area contributed by atoms with Crippen molar-refractivity contribution >= 4 is 29.1 Å². The number of hydrogen-bond acceptors (Lipinski definition) is 4.